The minimum Gasteiger partial charge on any atom is -0.376 e. The minimum absolute atomic E-state index is 0.729. The van der Waals surface area contributed by atoms with E-state index in [4.69, 9.17) is 11.6 Å². The van der Waals surface area contributed by atoms with E-state index in [0.717, 1.165) is 39.7 Å². The number of amidine groups is 1. The lowest BCUT2D eigenvalue weighted by Crippen LogP contribution is -2.21. The number of benzene rings is 1. The molecule has 1 aromatic carbocycles. The van der Waals surface area contributed by atoms with E-state index in [9.17, 15) is 0 Å². The maximum absolute atomic E-state index is 6.40. The fraction of sp³-hybridized carbons (Fsp3) is 0.364. The number of nitrogens with zero attached hydrogens (tertiary/aromatic N) is 2. The fourth-order valence-electron chi connectivity index (χ4n) is 1.67. The van der Waals surface area contributed by atoms with Crippen LogP contribution in [0.4, 0.5) is 5.69 Å². The molecule has 5 heteroatoms. The standard InChI is InChI=1S/C11H13BrClN3/c1-16(2)8-4-3-7(12)9(10(8)13)11-14-5-6-15-11/h3-4H,5-6H2,1-2H3,(H,14,15). The minimum atomic E-state index is 0.729. The van der Waals surface area contributed by atoms with Crippen LogP contribution >= 0.6 is 27.5 Å². The normalized spacial score (nSPS) is 14.6. The molecule has 1 heterocycles. The van der Waals surface area contributed by atoms with Gasteiger partial charge in [-0.1, -0.05) is 11.6 Å². The molecule has 0 spiro atoms. The van der Waals surface area contributed by atoms with Gasteiger partial charge < -0.3 is 10.2 Å². The van der Waals surface area contributed by atoms with Gasteiger partial charge in [-0.15, -0.1) is 0 Å². The third-order valence-electron chi connectivity index (χ3n) is 2.46. The van der Waals surface area contributed by atoms with Gasteiger partial charge in [-0.05, 0) is 28.1 Å². The molecule has 1 aliphatic heterocycles. The van der Waals surface area contributed by atoms with E-state index in [0.29, 0.717) is 0 Å². The van der Waals surface area contributed by atoms with E-state index < -0.39 is 0 Å². The van der Waals surface area contributed by atoms with E-state index in [1.807, 2.05) is 31.1 Å². The molecular formula is C11H13BrClN3. The van der Waals surface area contributed by atoms with E-state index in [1.165, 1.54) is 0 Å². The lowest BCUT2D eigenvalue weighted by Gasteiger charge is -2.18. The molecule has 0 amide bonds. The second-order valence-corrected chi connectivity index (χ2v) is 5.04. The first-order chi connectivity index (χ1) is 7.61. The van der Waals surface area contributed by atoms with Crippen molar-refractivity contribution in [2.45, 2.75) is 0 Å². The Bertz CT molecular complexity index is 443. The average molecular weight is 303 g/mol. The summed E-state index contributed by atoms with van der Waals surface area (Å²) in [5.41, 5.74) is 1.95. The molecule has 0 atom stereocenters. The molecule has 2 rings (SSSR count). The highest BCUT2D eigenvalue weighted by Gasteiger charge is 2.18. The maximum atomic E-state index is 6.40. The summed E-state index contributed by atoms with van der Waals surface area (Å²) in [6, 6.07) is 3.99. The van der Waals surface area contributed by atoms with Crippen molar-refractivity contribution < 1.29 is 0 Å². The number of rotatable bonds is 2. The molecule has 0 saturated carbocycles. The number of nitrogens with one attached hydrogen (secondary N) is 1. The van der Waals surface area contributed by atoms with E-state index in [-0.39, 0.29) is 0 Å². The number of hydrogen-bond acceptors (Lipinski definition) is 3. The predicted octanol–water partition coefficient (Wildman–Crippen LogP) is 2.52. The zero-order valence-corrected chi connectivity index (χ0v) is 11.6. The molecule has 3 nitrogen and oxygen atoms in total. The van der Waals surface area contributed by atoms with Crippen LogP contribution in [0.15, 0.2) is 21.6 Å². The first kappa shape index (κ1) is 11.7. The Morgan fingerprint density at radius 3 is 2.75 bits per heavy atom. The first-order valence-electron chi connectivity index (χ1n) is 5.05. The lowest BCUT2D eigenvalue weighted by atomic mass is 10.1. The van der Waals surface area contributed by atoms with E-state index >= 15 is 0 Å². The van der Waals surface area contributed by atoms with Crippen molar-refractivity contribution in [1.82, 2.24) is 5.32 Å². The molecule has 0 aromatic heterocycles. The summed E-state index contributed by atoms with van der Waals surface area (Å²) in [5, 5.41) is 3.97. The number of anilines is 1. The van der Waals surface area contributed by atoms with Crippen molar-refractivity contribution in [3.05, 3.63) is 27.2 Å². The van der Waals surface area contributed by atoms with Crippen molar-refractivity contribution in [3.8, 4) is 0 Å². The van der Waals surface area contributed by atoms with Crippen molar-refractivity contribution >= 4 is 39.1 Å². The summed E-state index contributed by atoms with van der Waals surface area (Å²) in [6.07, 6.45) is 0. The van der Waals surface area contributed by atoms with Crippen LogP contribution in [0, 0.1) is 0 Å². The monoisotopic (exact) mass is 301 g/mol. The van der Waals surface area contributed by atoms with Crippen molar-refractivity contribution in [2.75, 3.05) is 32.1 Å². The molecule has 0 bridgehead atoms. The zero-order valence-electron chi connectivity index (χ0n) is 9.22. The van der Waals surface area contributed by atoms with Crippen LogP contribution in [0.3, 0.4) is 0 Å². The Labute approximate surface area is 109 Å². The first-order valence-corrected chi connectivity index (χ1v) is 6.22. The number of aliphatic imine (C=N–C) groups is 1. The third-order valence-corrected chi connectivity index (χ3v) is 3.51. The summed E-state index contributed by atoms with van der Waals surface area (Å²) in [4.78, 5) is 6.39. The van der Waals surface area contributed by atoms with Gasteiger partial charge in [0, 0.05) is 25.1 Å². The van der Waals surface area contributed by atoms with E-state index in [1.54, 1.807) is 0 Å². The van der Waals surface area contributed by atoms with Crippen LogP contribution in [0.2, 0.25) is 5.02 Å². The van der Waals surface area contributed by atoms with Gasteiger partial charge in [0.05, 0.1) is 22.8 Å². The van der Waals surface area contributed by atoms with Gasteiger partial charge in [-0.2, -0.15) is 0 Å². The van der Waals surface area contributed by atoms with Crippen LogP contribution < -0.4 is 10.2 Å². The van der Waals surface area contributed by atoms with Gasteiger partial charge >= 0.3 is 0 Å². The van der Waals surface area contributed by atoms with Crippen LogP contribution in [-0.2, 0) is 0 Å². The van der Waals surface area contributed by atoms with Gasteiger partial charge in [0.1, 0.15) is 5.84 Å². The average Bonchev–Trinajstić information content (AvgIpc) is 2.70. The molecule has 86 valence electrons. The Balaban J connectivity index is 2.54. The molecule has 1 N–H and O–H groups in total. The second-order valence-electron chi connectivity index (χ2n) is 3.81. The van der Waals surface area contributed by atoms with Crippen LogP contribution in [-0.4, -0.2) is 33.0 Å². The van der Waals surface area contributed by atoms with E-state index in [2.05, 4.69) is 26.2 Å². The van der Waals surface area contributed by atoms with Crippen molar-refractivity contribution in [1.29, 1.82) is 0 Å². The largest absolute Gasteiger partial charge is 0.376 e. The van der Waals surface area contributed by atoms with Gasteiger partial charge in [-0.3, -0.25) is 4.99 Å². The Morgan fingerprint density at radius 2 is 2.19 bits per heavy atom. The number of hydrogen-bond donors (Lipinski definition) is 1. The van der Waals surface area contributed by atoms with Crippen molar-refractivity contribution in [3.63, 3.8) is 0 Å². The van der Waals surface area contributed by atoms with Gasteiger partial charge in [-0.25, -0.2) is 0 Å². The Kier molecular flexibility index (Phi) is 3.40. The topological polar surface area (TPSA) is 27.6 Å². The molecule has 16 heavy (non-hydrogen) atoms. The highest BCUT2D eigenvalue weighted by atomic mass is 79.9. The highest BCUT2D eigenvalue weighted by Crippen LogP contribution is 2.33. The summed E-state index contributed by atoms with van der Waals surface area (Å²) >= 11 is 9.91. The van der Waals surface area contributed by atoms with Crippen LogP contribution in [0.25, 0.3) is 0 Å². The number of halogens is 2. The van der Waals surface area contributed by atoms with Crippen LogP contribution in [0.1, 0.15) is 5.56 Å². The highest BCUT2D eigenvalue weighted by molar-refractivity contribution is 9.10. The molecule has 0 saturated heterocycles. The van der Waals surface area contributed by atoms with Crippen LogP contribution in [0.5, 0.6) is 0 Å². The maximum Gasteiger partial charge on any atom is 0.131 e. The smallest absolute Gasteiger partial charge is 0.131 e. The molecule has 0 aliphatic carbocycles. The lowest BCUT2D eigenvalue weighted by molar-refractivity contribution is 0.960. The molecule has 1 aromatic rings. The summed E-state index contributed by atoms with van der Waals surface area (Å²) < 4.78 is 0.969. The fourth-order valence-corrected chi connectivity index (χ4v) is 2.72. The summed E-state index contributed by atoms with van der Waals surface area (Å²) in [6.45, 7) is 1.69. The molecule has 1 aliphatic rings. The van der Waals surface area contributed by atoms with Gasteiger partial charge in [0.2, 0.25) is 0 Å². The third kappa shape index (κ3) is 2.04. The molecule has 0 unspecified atom stereocenters. The quantitative estimate of drug-likeness (QED) is 0.909. The SMILES string of the molecule is CN(C)c1ccc(Br)c(C2=NCCN2)c1Cl. The molecular weight excluding hydrogens is 289 g/mol. The zero-order chi connectivity index (χ0) is 11.7. The van der Waals surface area contributed by atoms with Gasteiger partial charge in [0.15, 0.2) is 0 Å². The summed E-state index contributed by atoms with van der Waals surface area (Å²) in [7, 11) is 3.95. The van der Waals surface area contributed by atoms with Gasteiger partial charge in [0.25, 0.3) is 0 Å². The second kappa shape index (κ2) is 4.63. The molecule has 0 radical (unpaired) electrons. The summed E-state index contributed by atoms with van der Waals surface area (Å²) in [5.74, 6) is 0.876. The predicted molar refractivity (Wildman–Crippen MR) is 72.9 cm³/mol. The Hall–Kier alpha value is -0.740. The van der Waals surface area contributed by atoms with Crippen molar-refractivity contribution in [2.24, 2.45) is 4.99 Å². The Morgan fingerprint density at radius 1 is 1.44 bits per heavy atom. The molecule has 0 fully saturated rings.